The van der Waals surface area contributed by atoms with E-state index in [1.165, 1.54) is 4.90 Å². The van der Waals surface area contributed by atoms with Crippen molar-refractivity contribution in [3.63, 3.8) is 0 Å². The summed E-state index contributed by atoms with van der Waals surface area (Å²) in [5, 5.41) is 25.7. The Balaban J connectivity index is 1.52. The first-order valence-electron chi connectivity index (χ1n) is 12.4. The standard InChI is InChI=1S/C28H27N7O3/c1-2-3-11-25-29-16-24(34(25)17-19-12-14-21(15-13-19)27(37)38)26(36)35(28-30-32-33-31-28)18-22-9-6-8-20-7-4-5-10-23(20)22/h4-10,12-16H,2-3,11,17-18H2,1H3,(H,37,38)(H,30,31,32,33). The Bertz CT molecular complexity index is 1550. The summed E-state index contributed by atoms with van der Waals surface area (Å²) >= 11 is 0. The molecule has 192 valence electrons. The Hall–Kier alpha value is -4.86. The van der Waals surface area contributed by atoms with Crippen LogP contribution >= 0.6 is 0 Å². The second-order valence-electron chi connectivity index (χ2n) is 8.99. The summed E-state index contributed by atoms with van der Waals surface area (Å²) in [6.07, 6.45) is 4.21. The molecule has 0 unspecified atom stereocenters. The van der Waals surface area contributed by atoms with Gasteiger partial charge in [0.2, 0.25) is 0 Å². The third kappa shape index (κ3) is 5.15. The molecular weight excluding hydrogens is 482 g/mol. The Morgan fingerprint density at radius 1 is 1.03 bits per heavy atom. The van der Waals surface area contributed by atoms with Gasteiger partial charge in [-0.1, -0.05) is 73.0 Å². The predicted molar refractivity (Wildman–Crippen MR) is 142 cm³/mol. The van der Waals surface area contributed by atoms with Crippen molar-refractivity contribution < 1.29 is 14.7 Å². The summed E-state index contributed by atoms with van der Waals surface area (Å²) in [5.74, 6) is -0.341. The van der Waals surface area contributed by atoms with E-state index in [1.54, 1.807) is 30.5 Å². The van der Waals surface area contributed by atoms with E-state index >= 15 is 0 Å². The molecule has 0 aliphatic rings. The number of rotatable bonds is 10. The largest absolute Gasteiger partial charge is 0.478 e. The maximum atomic E-state index is 14.1. The fourth-order valence-electron chi connectivity index (χ4n) is 4.47. The van der Waals surface area contributed by atoms with E-state index in [-0.39, 0.29) is 24.0 Å². The van der Waals surface area contributed by atoms with Crippen LogP contribution in [0.3, 0.4) is 0 Å². The van der Waals surface area contributed by atoms with Crippen LogP contribution in [0.15, 0.2) is 72.9 Å². The smallest absolute Gasteiger partial charge is 0.335 e. The lowest BCUT2D eigenvalue weighted by atomic mass is 10.0. The molecule has 3 aromatic carbocycles. The van der Waals surface area contributed by atoms with Gasteiger partial charge < -0.3 is 9.67 Å². The van der Waals surface area contributed by atoms with Crippen LogP contribution in [0.4, 0.5) is 5.95 Å². The quantitative estimate of drug-likeness (QED) is 0.284. The highest BCUT2D eigenvalue weighted by atomic mass is 16.4. The molecule has 0 atom stereocenters. The van der Waals surface area contributed by atoms with Gasteiger partial charge in [0, 0.05) is 13.0 Å². The van der Waals surface area contributed by atoms with Crippen LogP contribution in [0, 0.1) is 0 Å². The molecule has 10 heteroatoms. The molecule has 10 nitrogen and oxygen atoms in total. The van der Waals surface area contributed by atoms with Crippen LogP contribution < -0.4 is 4.90 Å². The number of nitrogens with zero attached hydrogens (tertiary/aromatic N) is 6. The van der Waals surface area contributed by atoms with Crippen molar-refractivity contribution in [1.82, 2.24) is 30.2 Å². The van der Waals surface area contributed by atoms with E-state index in [1.807, 2.05) is 47.0 Å². The first kappa shape index (κ1) is 24.8. The zero-order chi connectivity index (χ0) is 26.5. The number of aryl methyl sites for hydroxylation is 1. The fraction of sp³-hybridized carbons (Fsp3) is 0.214. The molecule has 5 aromatic rings. The van der Waals surface area contributed by atoms with Crippen LogP contribution in [0.1, 0.15) is 57.6 Å². The van der Waals surface area contributed by atoms with Crippen LogP contribution in [0.2, 0.25) is 0 Å². The molecule has 38 heavy (non-hydrogen) atoms. The number of imidazole rings is 1. The lowest BCUT2D eigenvalue weighted by molar-refractivity contribution is 0.0696. The highest BCUT2D eigenvalue weighted by Gasteiger charge is 2.27. The Morgan fingerprint density at radius 2 is 1.82 bits per heavy atom. The van der Waals surface area contributed by atoms with Crippen LogP contribution in [0.5, 0.6) is 0 Å². The number of nitrogens with one attached hydrogen (secondary N) is 1. The second-order valence-corrected chi connectivity index (χ2v) is 8.99. The molecule has 0 spiro atoms. The number of hydrogen-bond acceptors (Lipinski definition) is 6. The van der Waals surface area contributed by atoms with Crippen molar-refractivity contribution in [2.75, 3.05) is 4.90 Å². The lowest BCUT2D eigenvalue weighted by Gasteiger charge is -2.21. The number of hydrogen-bond donors (Lipinski definition) is 2. The minimum atomic E-state index is -0.983. The van der Waals surface area contributed by atoms with Gasteiger partial charge in [0.1, 0.15) is 11.5 Å². The van der Waals surface area contributed by atoms with Gasteiger partial charge >= 0.3 is 5.97 Å². The van der Waals surface area contributed by atoms with Crippen molar-refractivity contribution in [1.29, 1.82) is 0 Å². The zero-order valence-electron chi connectivity index (χ0n) is 20.9. The number of aromatic nitrogens is 6. The molecule has 2 N–H and O–H groups in total. The van der Waals surface area contributed by atoms with Gasteiger partial charge in [-0.05, 0) is 45.7 Å². The maximum absolute atomic E-state index is 14.1. The number of carboxylic acids is 1. The lowest BCUT2D eigenvalue weighted by Crippen LogP contribution is -2.33. The number of carbonyl (C=O) groups is 2. The monoisotopic (exact) mass is 509 g/mol. The summed E-state index contributed by atoms with van der Waals surface area (Å²) in [5.41, 5.74) is 2.41. The zero-order valence-corrected chi connectivity index (χ0v) is 20.9. The summed E-state index contributed by atoms with van der Waals surface area (Å²) in [6, 6.07) is 20.6. The minimum absolute atomic E-state index is 0.164. The molecule has 2 aromatic heterocycles. The first-order valence-corrected chi connectivity index (χ1v) is 12.4. The third-order valence-corrected chi connectivity index (χ3v) is 6.48. The molecule has 2 heterocycles. The average molecular weight is 510 g/mol. The molecule has 0 saturated heterocycles. The molecule has 0 aliphatic carbocycles. The SMILES string of the molecule is CCCCc1ncc(C(=O)N(Cc2cccc3ccccc23)c2nn[nH]n2)n1Cc1ccc(C(=O)O)cc1. The third-order valence-electron chi connectivity index (χ3n) is 6.48. The number of anilines is 1. The average Bonchev–Trinajstić information content (AvgIpc) is 3.61. The minimum Gasteiger partial charge on any atom is -0.478 e. The van der Waals surface area contributed by atoms with E-state index in [4.69, 9.17) is 0 Å². The molecule has 0 radical (unpaired) electrons. The molecule has 0 saturated carbocycles. The fourth-order valence-corrected chi connectivity index (χ4v) is 4.47. The summed E-state index contributed by atoms with van der Waals surface area (Å²) < 4.78 is 1.89. The van der Waals surface area contributed by atoms with Crippen molar-refractivity contribution in [3.8, 4) is 0 Å². The van der Waals surface area contributed by atoms with E-state index in [9.17, 15) is 14.7 Å². The van der Waals surface area contributed by atoms with Gasteiger partial charge in [-0.25, -0.2) is 9.78 Å². The Labute approximate surface area is 218 Å². The van der Waals surface area contributed by atoms with Gasteiger partial charge in [-0.3, -0.25) is 9.69 Å². The van der Waals surface area contributed by atoms with E-state index in [2.05, 4.69) is 32.5 Å². The van der Waals surface area contributed by atoms with Gasteiger partial charge in [-0.15, -0.1) is 5.10 Å². The van der Waals surface area contributed by atoms with Gasteiger partial charge in [-0.2, -0.15) is 5.21 Å². The molecular formula is C28H27N7O3. The number of unbranched alkanes of at least 4 members (excludes halogenated alkanes) is 1. The van der Waals surface area contributed by atoms with Gasteiger partial charge in [0.15, 0.2) is 0 Å². The molecule has 0 fully saturated rings. The second kappa shape index (κ2) is 11.0. The molecule has 5 rings (SSSR count). The number of fused-ring (bicyclic) bond motifs is 1. The Morgan fingerprint density at radius 3 is 2.55 bits per heavy atom. The van der Waals surface area contributed by atoms with Crippen molar-refractivity contribution in [2.24, 2.45) is 0 Å². The van der Waals surface area contributed by atoms with Crippen molar-refractivity contribution in [3.05, 3.63) is 101 Å². The summed E-state index contributed by atoms with van der Waals surface area (Å²) in [7, 11) is 0. The number of benzene rings is 3. The number of tetrazole rings is 1. The molecule has 1 amide bonds. The number of amides is 1. The summed E-state index contributed by atoms with van der Waals surface area (Å²) in [4.78, 5) is 31.5. The normalized spacial score (nSPS) is 11.1. The number of aromatic amines is 1. The molecule has 0 aliphatic heterocycles. The van der Waals surface area contributed by atoms with Crippen LogP contribution in [-0.4, -0.2) is 47.2 Å². The van der Waals surface area contributed by atoms with Crippen LogP contribution in [-0.2, 0) is 19.5 Å². The number of H-pyrrole nitrogens is 1. The first-order chi connectivity index (χ1) is 18.5. The number of carbonyl (C=O) groups excluding carboxylic acids is 1. The van der Waals surface area contributed by atoms with Crippen LogP contribution in [0.25, 0.3) is 10.8 Å². The number of aromatic carboxylic acids is 1. The Kier molecular flexibility index (Phi) is 7.21. The topological polar surface area (TPSA) is 130 Å². The highest BCUT2D eigenvalue weighted by Crippen LogP contribution is 2.24. The highest BCUT2D eigenvalue weighted by molar-refractivity contribution is 6.04. The predicted octanol–water partition coefficient (Wildman–Crippen LogP) is 4.49. The summed E-state index contributed by atoms with van der Waals surface area (Å²) in [6.45, 7) is 2.71. The number of carboxylic acid groups (broad SMARTS) is 1. The van der Waals surface area contributed by atoms with Gasteiger partial charge in [0.25, 0.3) is 11.9 Å². The van der Waals surface area contributed by atoms with E-state index in [0.29, 0.717) is 18.7 Å². The maximum Gasteiger partial charge on any atom is 0.335 e. The molecule has 0 bridgehead atoms. The van der Waals surface area contributed by atoms with E-state index in [0.717, 1.165) is 40.6 Å². The van der Waals surface area contributed by atoms with Crippen molar-refractivity contribution >= 4 is 28.6 Å². The van der Waals surface area contributed by atoms with E-state index < -0.39 is 5.97 Å². The van der Waals surface area contributed by atoms with Gasteiger partial charge in [0.05, 0.1) is 18.3 Å². The van der Waals surface area contributed by atoms with Crippen molar-refractivity contribution in [2.45, 2.75) is 39.3 Å².